The van der Waals surface area contributed by atoms with Crippen LogP contribution in [-0.4, -0.2) is 82.3 Å². The molecule has 0 heterocycles. The second kappa shape index (κ2) is 66.9. The summed E-state index contributed by atoms with van der Waals surface area (Å²) in [5.74, 6) is -2.26. The average Bonchev–Trinajstić information content (AvgIpc) is 3.49. The predicted molar refractivity (Wildman–Crippen MR) is 362 cm³/mol. The molecule has 0 aromatic rings. The third-order valence-electron chi connectivity index (χ3n) is 16.2. The molecule has 85 heavy (non-hydrogen) atoms. The topological polar surface area (TPSA) is 111 Å². The highest BCUT2D eigenvalue weighted by Crippen LogP contribution is 2.19. The maximum Gasteiger partial charge on any atom is 0.306 e. The van der Waals surface area contributed by atoms with Gasteiger partial charge in [0, 0.05) is 12.8 Å². The molecular formula is C76H139NO8. The van der Waals surface area contributed by atoms with Crippen molar-refractivity contribution in [3.8, 4) is 0 Å². The van der Waals surface area contributed by atoms with E-state index < -0.39 is 24.3 Å². The fraction of sp³-hybridized carbons (Fsp3) is 0.829. The smallest absolute Gasteiger partial charge is 0.306 e. The largest absolute Gasteiger partial charge is 0.545 e. The number of esters is 2. The monoisotopic (exact) mass is 1190 g/mol. The number of likely N-dealkylation sites (N-methyl/N-ethyl adjacent to an activating group) is 1. The Kier molecular flexibility index (Phi) is 64.6. The molecule has 2 atom stereocenters. The van der Waals surface area contributed by atoms with Gasteiger partial charge in [-0.25, -0.2) is 0 Å². The van der Waals surface area contributed by atoms with Gasteiger partial charge in [0.2, 0.25) is 0 Å². The number of aliphatic carboxylic acids is 1. The zero-order chi connectivity index (χ0) is 61.9. The van der Waals surface area contributed by atoms with E-state index >= 15 is 0 Å². The van der Waals surface area contributed by atoms with Crippen molar-refractivity contribution < 1.29 is 42.9 Å². The van der Waals surface area contributed by atoms with E-state index in [1.807, 2.05) is 21.1 Å². The van der Waals surface area contributed by atoms with E-state index in [-0.39, 0.29) is 32.2 Å². The lowest BCUT2D eigenvalue weighted by Gasteiger charge is -2.26. The number of carbonyl (C=O) groups excluding carboxylic acids is 3. The van der Waals surface area contributed by atoms with E-state index in [9.17, 15) is 19.5 Å². The number of quaternary nitrogens is 1. The number of nitrogens with zero attached hydrogens (tertiary/aromatic N) is 1. The standard InChI is InChI=1S/C76H139NO8/c1-6-8-10-12-14-16-18-20-22-24-26-27-28-29-30-31-32-33-34-35-36-37-38-39-40-41-42-43-44-45-46-47-49-51-53-55-57-59-61-63-65-67-74(79)85-72(71-84-76(75(80)81)82-69-68-77(3,4)5)70-83-73(78)66-64-62-60-58-56-54-52-50-48-25-23-21-19-17-15-13-11-9-7-2/h8,10,14,16,20-23,26-27,72,76H,6-7,9,11-13,15,17-19,24-25,28-71H2,1-5H3/b10-8-,16-14-,22-20-,23-21-,27-26-. The van der Waals surface area contributed by atoms with Crippen molar-refractivity contribution >= 4 is 17.9 Å². The fourth-order valence-corrected chi connectivity index (χ4v) is 10.7. The third kappa shape index (κ3) is 68.3. The lowest BCUT2D eigenvalue weighted by Crippen LogP contribution is -2.44. The number of hydrogen-bond donors (Lipinski definition) is 0. The van der Waals surface area contributed by atoms with E-state index in [1.165, 1.54) is 257 Å². The first-order chi connectivity index (χ1) is 41.6. The number of carboxylic acid groups (broad SMARTS) is 1. The number of carboxylic acids is 1. The summed E-state index contributed by atoms with van der Waals surface area (Å²) in [6.07, 6.45) is 84.7. The average molecular weight is 1190 g/mol. The third-order valence-corrected chi connectivity index (χ3v) is 16.2. The Hall–Kier alpha value is -3.01. The molecule has 9 heteroatoms. The minimum Gasteiger partial charge on any atom is -0.545 e. The van der Waals surface area contributed by atoms with Crippen molar-refractivity contribution in [3.05, 3.63) is 60.8 Å². The van der Waals surface area contributed by atoms with Gasteiger partial charge < -0.3 is 33.3 Å². The quantitative estimate of drug-likeness (QED) is 0.0195. The molecule has 0 N–H and O–H groups in total. The summed E-state index contributed by atoms with van der Waals surface area (Å²) in [4.78, 5) is 37.4. The summed E-state index contributed by atoms with van der Waals surface area (Å²) < 4.78 is 22.8. The van der Waals surface area contributed by atoms with Gasteiger partial charge in [0.05, 0.1) is 40.3 Å². The zero-order valence-corrected chi connectivity index (χ0v) is 56.7. The summed E-state index contributed by atoms with van der Waals surface area (Å²) in [6.45, 7) is 4.68. The Balaban J connectivity index is 3.93. The van der Waals surface area contributed by atoms with E-state index in [0.717, 1.165) is 64.2 Å². The van der Waals surface area contributed by atoms with Crippen molar-refractivity contribution in [2.45, 2.75) is 360 Å². The van der Waals surface area contributed by atoms with Crippen LogP contribution in [0.15, 0.2) is 60.8 Å². The highest BCUT2D eigenvalue weighted by Gasteiger charge is 2.22. The van der Waals surface area contributed by atoms with Crippen LogP contribution in [0.5, 0.6) is 0 Å². The summed E-state index contributed by atoms with van der Waals surface area (Å²) in [6, 6.07) is 0. The molecule has 0 aliphatic heterocycles. The first-order valence-electron chi connectivity index (χ1n) is 36.4. The first kappa shape index (κ1) is 82.0. The molecule has 0 aliphatic rings. The van der Waals surface area contributed by atoms with Gasteiger partial charge in [0.1, 0.15) is 13.2 Å². The molecule has 0 bridgehead atoms. The lowest BCUT2D eigenvalue weighted by molar-refractivity contribution is -0.870. The van der Waals surface area contributed by atoms with Gasteiger partial charge in [-0.2, -0.15) is 0 Å². The minimum atomic E-state index is -1.62. The number of allylic oxidation sites excluding steroid dienone is 10. The van der Waals surface area contributed by atoms with Gasteiger partial charge in [-0.1, -0.05) is 319 Å². The number of hydrogen-bond acceptors (Lipinski definition) is 8. The highest BCUT2D eigenvalue weighted by atomic mass is 16.7. The number of ether oxygens (including phenoxy) is 4. The van der Waals surface area contributed by atoms with Crippen LogP contribution in [0.1, 0.15) is 348 Å². The number of carbonyl (C=O) groups is 3. The van der Waals surface area contributed by atoms with E-state index in [0.29, 0.717) is 17.4 Å². The van der Waals surface area contributed by atoms with Crippen LogP contribution in [0, 0.1) is 0 Å². The molecule has 0 amide bonds. The van der Waals surface area contributed by atoms with Crippen molar-refractivity contribution in [3.63, 3.8) is 0 Å². The van der Waals surface area contributed by atoms with E-state index in [4.69, 9.17) is 18.9 Å². The van der Waals surface area contributed by atoms with Gasteiger partial charge in [-0.05, 0) is 77.0 Å². The molecule has 0 rings (SSSR count). The molecule has 0 radical (unpaired) electrons. The molecule has 0 aromatic carbocycles. The molecule has 0 saturated heterocycles. The second-order valence-electron chi connectivity index (χ2n) is 25.9. The Morgan fingerprint density at radius 3 is 1.01 bits per heavy atom. The van der Waals surface area contributed by atoms with Gasteiger partial charge in [-0.3, -0.25) is 9.59 Å². The lowest BCUT2D eigenvalue weighted by atomic mass is 10.0. The maximum atomic E-state index is 12.9. The Labute approximate surface area is 526 Å². The van der Waals surface area contributed by atoms with Gasteiger partial charge in [0.25, 0.3) is 0 Å². The van der Waals surface area contributed by atoms with Crippen molar-refractivity contribution in [1.29, 1.82) is 0 Å². The Morgan fingerprint density at radius 1 is 0.365 bits per heavy atom. The van der Waals surface area contributed by atoms with Crippen LogP contribution in [0.3, 0.4) is 0 Å². The predicted octanol–water partition coefficient (Wildman–Crippen LogP) is 21.4. The summed E-state index contributed by atoms with van der Waals surface area (Å²) >= 11 is 0. The summed E-state index contributed by atoms with van der Waals surface area (Å²) in [5, 5.41) is 11.8. The fourth-order valence-electron chi connectivity index (χ4n) is 10.7. The van der Waals surface area contributed by atoms with Crippen molar-refractivity contribution in [2.75, 3.05) is 47.5 Å². The Bertz CT molecular complexity index is 1580. The molecule has 0 fully saturated rings. The Morgan fingerprint density at radius 2 is 0.671 bits per heavy atom. The van der Waals surface area contributed by atoms with Gasteiger partial charge >= 0.3 is 11.9 Å². The first-order valence-corrected chi connectivity index (χ1v) is 36.4. The van der Waals surface area contributed by atoms with E-state index in [1.54, 1.807) is 0 Å². The van der Waals surface area contributed by atoms with Crippen LogP contribution in [-0.2, 0) is 33.3 Å². The highest BCUT2D eigenvalue weighted by molar-refractivity contribution is 5.70. The maximum absolute atomic E-state index is 12.9. The van der Waals surface area contributed by atoms with Gasteiger partial charge in [0.15, 0.2) is 12.4 Å². The van der Waals surface area contributed by atoms with Crippen LogP contribution in [0.4, 0.5) is 0 Å². The van der Waals surface area contributed by atoms with Crippen LogP contribution in [0.25, 0.3) is 0 Å². The zero-order valence-electron chi connectivity index (χ0n) is 56.7. The summed E-state index contributed by atoms with van der Waals surface area (Å²) in [5.41, 5.74) is 0. The number of rotatable bonds is 68. The van der Waals surface area contributed by atoms with E-state index in [2.05, 4.69) is 74.6 Å². The molecule has 0 aliphatic carbocycles. The molecule has 496 valence electrons. The molecular weight excluding hydrogens is 1050 g/mol. The van der Waals surface area contributed by atoms with Crippen LogP contribution >= 0.6 is 0 Å². The molecule has 9 nitrogen and oxygen atoms in total. The molecule has 0 spiro atoms. The summed E-state index contributed by atoms with van der Waals surface area (Å²) in [7, 11) is 5.94. The molecule has 2 unspecified atom stereocenters. The van der Waals surface area contributed by atoms with Crippen LogP contribution in [0.2, 0.25) is 0 Å². The number of unbranched alkanes of at least 4 members (excludes halogenated alkanes) is 43. The second-order valence-corrected chi connectivity index (χ2v) is 25.9. The minimum absolute atomic E-state index is 0.149. The normalized spacial score (nSPS) is 13.0. The van der Waals surface area contributed by atoms with Crippen molar-refractivity contribution in [1.82, 2.24) is 0 Å². The SMILES string of the molecule is CC/C=C\C/C=C\C/C=C\C/C=C\CCCCCCCCCCCCCCCCCCCCCCCCCCCCCCC(=O)OC(COC(=O)CCCCCCCCCCC/C=C\CCCCCCCC)COC(OCC[N+](C)(C)C)C(=O)[O-]. The van der Waals surface area contributed by atoms with Crippen molar-refractivity contribution in [2.24, 2.45) is 0 Å². The van der Waals surface area contributed by atoms with Crippen LogP contribution < -0.4 is 5.11 Å². The molecule has 0 aromatic heterocycles. The van der Waals surface area contributed by atoms with Gasteiger partial charge in [-0.15, -0.1) is 0 Å². The molecule has 0 saturated carbocycles.